The normalized spacial score (nSPS) is 13.3. The molecule has 0 spiro atoms. The fraction of sp³-hybridized carbons (Fsp3) is 0.500. The number of hydrogen-bond acceptors (Lipinski definition) is 2. The highest BCUT2D eigenvalue weighted by atomic mass is 16.3. The first kappa shape index (κ1) is 13.2. The van der Waals surface area contributed by atoms with Crippen molar-refractivity contribution in [2.75, 3.05) is 6.54 Å². The van der Waals surface area contributed by atoms with E-state index < -0.39 is 0 Å². The van der Waals surface area contributed by atoms with Gasteiger partial charge in [0.1, 0.15) is 5.58 Å². The van der Waals surface area contributed by atoms with Crippen molar-refractivity contribution in [1.82, 2.24) is 5.32 Å². The van der Waals surface area contributed by atoms with Crippen LogP contribution in [-0.4, -0.2) is 6.54 Å². The Hall–Kier alpha value is -1.28. The van der Waals surface area contributed by atoms with Gasteiger partial charge < -0.3 is 9.73 Å². The lowest BCUT2D eigenvalue weighted by Crippen LogP contribution is -2.27. The van der Waals surface area contributed by atoms with Crippen LogP contribution in [0.25, 0.3) is 11.0 Å². The summed E-state index contributed by atoms with van der Waals surface area (Å²) in [6.07, 6.45) is 4.30. The number of nitrogens with one attached hydrogen (secondary N) is 1. The zero-order valence-electron chi connectivity index (χ0n) is 11.6. The van der Waals surface area contributed by atoms with Crippen molar-refractivity contribution in [3.05, 3.63) is 36.1 Å². The topological polar surface area (TPSA) is 25.2 Å². The molecule has 2 aromatic rings. The van der Waals surface area contributed by atoms with Crippen molar-refractivity contribution in [1.29, 1.82) is 0 Å². The van der Waals surface area contributed by atoms with Gasteiger partial charge in [-0.15, -0.1) is 0 Å². The number of rotatable bonds is 6. The Kier molecular flexibility index (Phi) is 4.43. The molecule has 0 aliphatic carbocycles. The van der Waals surface area contributed by atoms with Gasteiger partial charge in [0, 0.05) is 17.0 Å². The summed E-state index contributed by atoms with van der Waals surface area (Å²) in [5, 5.41) is 4.86. The molecule has 0 amide bonds. The van der Waals surface area contributed by atoms with Crippen molar-refractivity contribution in [2.45, 2.75) is 39.7 Å². The number of benzene rings is 1. The minimum Gasteiger partial charge on any atom is -0.464 e. The molecular formula is C16H23NO. The van der Waals surface area contributed by atoms with Crippen molar-refractivity contribution in [2.24, 2.45) is 5.92 Å². The molecule has 1 aromatic heterocycles. The minimum absolute atomic E-state index is 0.397. The molecule has 1 aromatic carbocycles. The van der Waals surface area contributed by atoms with Gasteiger partial charge in [0.25, 0.3) is 0 Å². The molecule has 98 valence electrons. The van der Waals surface area contributed by atoms with E-state index in [4.69, 9.17) is 4.42 Å². The lowest BCUT2D eigenvalue weighted by molar-refractivity contribution is 0.346. The van der Waals surface area contributed by atoms with Crippen LogP contribution in [0.5, 0.6) is 0 Å². The number of furan rings is 1. The maximum absolute atomic E-state index is 5.68. The Bertz CT molecular complexity index is 485. The molecule has 1 atom stereocenters. The second-order valence-corrected chi connectivity index (χ2v) is 4.80. The van der Waals surface area contributed by atoms with E-state index in [0.717, 1.165) is 12.1 Å². The van der Waals surface area contributed by atoms with Gasteiger partial charge >= 0.3 is 0 Å². The minimum atomic E-state index is 0.397. The molecule has 2 nitrogen and oxygen atoms in total. The standard InChI is InChI=1S/C16H23NO/c1-4-12(5-2)16(17-6-3)14-11-18-15-10-8-7-9-13(14)15/h7-12,16-17H,4-6H2,1-3H3. The summed E-state index contributed by atoms with van der Waals surface area (Å²) in [5.41, 5.74) is 2.29. The van der Waals surface area contributed by atoms with Crippen molar-refractivity contribution in [3.63, 3.8) is 0 Å². The van der Waals surface area contributed by atoms with E-state index in [0.29, 0.717) is 12.0 Å². The van der Waals surface area contributed by atoms with E-state index in [2.05, 4.69) is 38.2 Å². The van der Waals surface area contributed by atoms with E-state index in [1.807, 2.05) is 18.4 Å². The molecule has 0 aliphatic heterocycles. The van der Waals surface area contributed by atoms with Gasteiger partial charge in [-0.25, -0.2) is 0 Å². The van der Waals surface area contributed by atoms with Crippen molar-refractivity contribution < 1.29 is 4.42 Å². The maximum atomic E-state index is 5.68. The van der Waals surface area contributed by atoms with E-state index in [9.17, 15) is 0 Å². The van der Waals surface area contributed by atoms with E-state index in [-0.39, 0.29) is 0 Å². The molecule has 0 radical (unpaired) electrons. The number of fused-ring (bicyclic) bond motifs is 1. The van der Waals surface area contributed by atoms with E-state index in [1.54, 1.807) is 0 Å². The van der Waals surface area contributed by atoms with Gasteiger partial charge in [0.2, 0.25) is 0 Å². The van der Waals surface area contributed by atoms with E-state index in [1.165, 1.54) is 23.8 Å². The smallest absolute Gasteiger partial charge is 0.134 e. The molecular weight excluding hydrogens is 222 g/mol. The van der Waals surface area contributed by atoms with Crippen LogP contribution in [0.3, 0.4) is 0 Å². The Morgan fingerprint density at radius 3 is 2.50 bits per heavy atom. The molecule has 2 rings (SSSR count). The second-order valence-electron chi connectivity index (χ2n) is 4.80. The zero-order chi connectivity index (χ0) is 13.0. The first-order valence-corrected chi connectivity index (χ1v) is 7.01. The van der Waals surface area contributed by atoms with Gasteiger partial charge in [-0.2, -0.15) is 0 Å². The second kappa shape index (κ2) is 6.05. The van der Waals surface area contributed by atoms with Crippen LogP contribution in [-0.2, 0) is 0 Å². The van der Waals surface area contributed by atoms with Crippen molar-refractivity contribution in [3.8, 4) is 0 Å². The molecule has 1 heterocycles. The van der Waals surface area contributed by atoms with Gasteiger partial charge in [-0.1, -0.05) is 51.8 Å². The Morgan fingerprint density at radius 1 is 1.11 bits per heavy atom. The summed E-state index contributed by atoms with van der Waals surface area (Å²) in [6.45, 7) is 7.68. The SMILES string of the molecule is CCNC(c1coc2ccccc12)C(CC)CC. The Labute approximate surface area is 109 Å². The molecule has 0 aliphatic rings. The van der Waals surface area contributed by atoms with Crippen LogP contribution in [0.15, 0.2) is 34.9 Å². The highest BCUT2D eigenvalue weighted by Crippen LogP contribution is 2.33. The largest absolute Gasteiger partial charge is 0.464 e. The Balaban J connectivity index is 2.41. The predicted molar refractivity (Wildman–Crippen MR) is 76.7 cm³/mol. The summed E-state index contributed by atoms with van der Waals surface area (Å²) in [5.74, 6) is 0.658. The zero-order valence-corrected chi connectivity index (χ0v) is 11.6. The fourth-order valence-corrected chi connectivity index (χ4v) is 2.75. The van der Waals surface area contributed by atoms with Crippen LogP contribution in [0.2, 0.25) is 0 Å². The van der Waals surface area contributed by atoms with Crippen LogP contribution < -0.4 is 5.32 Å². The number of para-hydroxylation sites is 1. The first-order valence-electron chi connectivity index (χ1n) is 7.01. The molecule has 18 heavy (non-hydrogen) atoms. The quantitative estimate of drug-likeness (QED) is 0.809. The fourth-order valence-electron chi connectivity index (χ4n) is 2.75. The van der Waals surface area contributed by atoms with Gasteiger partial charge in [0.05, 0.1) is 6.26 Å². The highest BCUT2D eigenvalue weighted by molar-refractivity contribution is 5.81. The third-order valence-electron chi connectivity index (χ3n) is 3.79. The average molecular weight is 245 g/mol. The van der Waals surface area contributed by atoms with Crippen molar-refractivity contribution >= 4 is 11.0 Å². The molecule has 2 heteroatoms. The van der Waals surface area contributed by atoms with Crippen LogP contribution in [0, 0.1) is 5.92 Å². The Morgan fingerprint density at radius 2 is 1.83 bits per heavy atom. The predicted octanol–water partition coefficient (Wildman–Crippen LogP) is 4.52. The van der Waals surface area contributed by atoms with Crippen LogP contribution in [0.1, 0.15) is 45.2 Å². The maximum Gasteiger partial charge on any atom is 0.134 e. The third-order valence-corrected chi connectivity index (χ3v) is 3.79. The summed E-state index contributed by atoms with van der Waals surface area (Å²) in [6, 6.07) is 8.69. The van der Waals surface area contributed by atoms with E-state index >= 15 is 0 Å². The van der Waals surface area contributed by atoms with Gasteiger partial charge in [-0.3, -0.25) is 0 Å². The third kappa shape index (κ3) is 2.44. The first-order chi connectivity index (χ1) is 8.81. The molecule has 1 unspecified atom stereocenters. The molecule has 0 saturated heterocycles. The lowest BCUT2D eigenvalue weighted by atomic mass is 9.88. The average Bonchev–Trinajstić information content (AvgIpc) is 2.83. The highest BCUT2D eigenvalue weighted by Gasteiger charge is 2.22. The molecule has 1 N–H and O–H groups in total. The molecule has 0 bridgehead atoms. The molecule has 0 saturated carbocycles. The summed E-state index contributed by atoms with van der Waals surface area (Å²) < 4.78 is 5.68. The lowest BCUT2D eigenvalue weighted by Gasteiger charge is -2.25. The van der Waals surface area contributed by atoms with Gasteiger partial charge in [-0.05, 0) is 18.5 Å². The van der Waals surface area contributed by atoms with Gasteiger partial charge in [0.15, 0.2) is 0 Å². The number of hydrogen-bond donors (Lipinski definition) is 1. The summed E-state index contributed by atoms with van der Waals surface area (Å²) in [4.78, 5) is 0. The monoisotopic (exact) mass is 245 g/mol. The van der Waals surface area contributed by atoms with Crippen LogP contribution >= 0.6 is 0 Å². The van der Waals surface area contributed by atoms with Crippen LogP contribution in [0.4, 0.5) is 0 Å². The summed E-state index contributed by atoms with van der Waals surface area (Å²) in [7, 11) is 0. The summed E-state index contributed by atoms with van der Waals surface area (Å²) >= 11 is 0. The molecule has 0 fully saturated rings.